The summed E-state index contributed by atoms with van der Waals surface area (Å²) in [6.45, 7) is 5.54. The van der Waals surface area contributed by atoms with Gasteiger partial charge >= 0.3 is 0 Å². The molecule has 0 radical (unpaired) electrons. The first kappa shape index (κ1) is 15.1. The zero-order chi connectivity index (χ0) is 14.7. The van der Waals surface area contributed by atoms with Gasteiger partial charge in [0.15, 0.2) is 0 Å². The highest BCUT2D eigenvalue weighted by molar-refractivity contribution is 5.28. The van der Waals surface area contributed by atoms with Crippen molar-refractivity contribution in [3.63, 3.8) is 0 Å². The summed E-state index contributed by atoms with van der Waals surface area (Å²) in [7, 11) is 0. The van der Waals surface area contributed by atoms with Crippen LogP contribution in [0.4, 0.5) is 0 Å². The first-order valence-electron chi connectivity index (χ1n) is 8.79. The molecule has 2 nitrogen and oxygen atoms in total. The van der Waals surface area contributed by atoms with Crippen molar-refractivity contribution < 1.29 is 0 Å². The van der Waals surface area contributed by atoms with Crippen LogP contribution in [-0.4, -0.2) is 24.0 Å². The van der Waals surface area contributed by atoms with Gasteiger partial charge in [0.1, 0.15) is 0 Å². The Morgan fingerprint density at radius 1 is 1.19 bits per heavy atom. The summed E-state index contributed by atoms with van der Waals surface area (Å²) in [6, 6.07) is 9.56. The lowest BCUT2D eigenvalue weighted by molar-refractivity contribution is 0.102. The first-order valence-corrected chi connectivity index (χ1v) is 8.79. The molecular formula is C19H30N2. The van der Waals surface area contributed by atoms with Gasteiger partial charge in [0.25, 0.3) is 0 Å². The molecule has 1 aromatic carbocycles. The standard InChI is InChI=1S/C19H30N2/c1-15-6-4-9-17(12-15)19(13-20)21-11-5-10-16-7-2-3-8-18(16)14-21/h2-3,7-8,15,17,19H,4-6,9-14,20H2,1H3. The third kappa shape index (κ3) is 3.49. The summed E-state index contributed by atoms with van der Waals surface area (Å²) in [5, 5.41) is 0. The third-order valence-corrected chi connectivity index (χ3v) is 5.61. The number of rotatable bonds is 3. The Morgan fingerprint density at radius 2 is 2.00 bits per heavy atom. The Labute approximate surface area is 129 Å². The molecule has 3 rings (SSSR count). The number of fused-ring (bicyclic) bond motifs is 1. The van der Waals surface area contributed by atoms with Crippen molar-refractivity contribution in [2.24, 2.45) is 17.6 Å². The lowest BCUT2D eigenvalue weighted by atomic mass is 9.78. The van der Waals surface area contributed by atoms with E-state index < -0.39 is 0 Å². The highest BCUT2D eigenvalue weighted by atomic mass is 15.2. The summed E-state index contributed by atoms with van der Waals surface area (Å²) in [6.07, 6.45) is 8.06. The Balaban J connectivity index is 1.74. The normalized spacial score (nSPS) is 28.7. The maximum Gasteiger partial charge on any atom is 0.0250 e. The Morgan fingerprint density at radius 3 is 2.76 bits per heavy atom. The second-order valence-corrected chi connectivity index (χ2v) is 7.18. The van der Waals surface area contributed by atoms with Crippen LogP contribution in [0.15, 0.2) is 24.3 Å². The number of hydrogen-bond acceptors (Lipinski definition) is 2. The van der Waals surface area contributed by atoms with E-state index in [1.165, 1.54) is 50.6 Å². The smallest absolute Gasteiger partial charge is 0.0250 e. The summed E-state index contributed by atoms with van der Waals surface area (Å²) in [5.41, 5.74) is 9.28. The number of aryl methyl sites for hydroxylation is 1. The van der Waals surface area contributed by atoms with Crippen molar-refractivity contribution in [2.45, 2.75) is 58.0 Å². The minimum Gasteiger partial charge on any atom is -0.329 e. The minimum absolute atomic E-state index is 0.582. The summed E-state index contributed by atoms with van der Waals surface area (Å²) in [4.78, 5) is 2.69. The van der Waals surface area contributed by atoms with Crippen LogP contribution in [0.25, 0.3) is 0 Å². The molecule has 2 aliphatic rings. The van der Waals surface area contributed by atoms with Gasteiger partial charge in [-0.25, -0.2) is 0 Å². The lowest BCUT2D eigenvalue weighted by Gasteiger charge is -2.39. The van der Waals surface area contributed by atoms with Crippen LogP contribution in [0.3, 0.4) is 0 Å². The molecule has 3 unspecified atom stereocenters. The first-order chi connectivity index (χ1) is 10.3. The van der Waals surface area contributed by atoms with E-state index in [1.807, 2.05) is 0 Å². The van der Waals surface area contributed by atoms with Crippen molar-refractivity contribution in [1.82, 2.24) is 4.90 Å². The minimum atomic E-state index is 0.582. The molecule has 21 heavy (non-hydrogen) atoms. The topological polar surface area (TPSA) is 29.3 Å². The fourth-order valence-electron chi connectivity index (χ4n) is 4.48. The molecule has 0 bridgehead atoms. The molecule has 1 aromatic rings. The molecule has 2 heteroatoms. The van der Waals surface area contributed by atoms with Crippen molar-refractivity contribution in [3.8, 4) is 0 Å². The maximum atomic E-state index is 6.21. The monoisotopic (exact) mass is 286 g/mol. The average molecular weight is 286 g/mol. The van der Waals surface area contributed by atoms with Gasteiger partial charge in [0.2, 0.25) is 0 Å². The Kier molecular flexibility index (Phi) is 4.97. The SMILES string of the molecule is CC1CCCC(C(CN)N2CCCc3ccccc3C2)C1. The van der Waals surface area contributed by atoms with E-state index in [0.717, 1.165) is 24.9 Å². The lowest BCUT2D eigenvalue weighted by Crippen LogP contribution is -2.46. The fourth-order valence-corrected chi connectivity index (χ4v) is 4.48. The van der Waals surface area contributed by atoms with Crippen LogP contribution in [-0.2, 0) is 13.0 Å². The van der Waals surface area contributed by atoms with Gasteiger partial charge in [-0.2, -0.15) is 0 Å². The van der Waals surface area contributed by atoms with Gasteiger partial charge in [0.05, 0.1) is 0 Å². The van der Waals surface area contributed by atoms with Crippen LogP contribution in [0.5, 0.6) is 0 Å². The van der Waals surface area contributed by atoms with Crippen LogP contribution < -0.4 is 5.73 Å². The van der Waals surface area contributed by atoms with E-state index in [9.17, 15) is 0 Å². The molecule has 1 fully saturated rings. The molecule has 0 aromatic heterocycles. The number of benzene rings is 1. The zero-order valence-electron chi connectivity index (χ0n) is 13.4. The third-order valence-electron chi connectivity index (χ3n) is 5.61. The molecule has 0 saturated heterocycles. The van der Waals surface area contributed by atoms with Crippen molar-refractivity contribution in [1.29, 1.82) is 0 Å². The van der Waals surface area contributed by atoms with Gasteiger partial charge in [-0.05, 0) is 55.2 Å². The maximum absolute atomic E-state index is 6.21. The predicted octanol–water partition coefficient (Wildman–Crippen LogP) is 3.59. The number of nitrogens with two attached hydrogens (primary N) is 1. The average Bonchev–Trinajstić information content (AvgIpc) is 2.70. The van der Waals surface area contributed by atoms with Gasteiger partial charge < -0.3 is 5.73 Å². The molecule has 0 amide bonds. The molecule has 1 heterocycles. The highest BCUT2D eigenvalue weighted by Crippen LogP contribution is 2.33. The Bertz CT molecular complexity index is 457. The van der Waals surface area contributed by atoms with Crippen LogP contribution in [0, 0.1) is 11.8 Å². The van der Waals surface area contributed by atoms with E-state index in [1.54, 1.807) is 5.56 Å². The van der Waals surface area contributed by atoms with Crippen molar-refractivity contribution >= 4 is 0 Å². The molecule has 1 aliphatic heterocycles. The number of hydrogen-bond donors (Lipinski definition) is 1. The molecule has 116 valence electrons. The van der Waals surface area contributed by atoms with Crippen LogP contribution in [0.2, 0.25) is 0 Å². The second kappa shape index (κ2) is 6.93. The Hall–Kier alpha value is -0.860. The second-order valence-electron chi connectivity index (χ2n) is 7.18. The largest absolute Gasteiger partial charge is 0.329 e. The summed E-state index contributed by atoms with van der Waals surface area (Å²) < 4.78 is 0. The molecular weight excluding hydrogens is 256 g/mol. The zero-order valence-corrected chi connectivity index (χ0v) is 13.4. The molecule has 0 spiro atoms. The predicted molar refractivity (Wildman–Crippen MR) is 89.1 cm³/mol. The molecule has 1 saturated carbocycles. The van der Waals surface area contributed by atoms with Gasteiger partial charge in [-0.15, -0.1) is 0 Å². The van der Waals surface area contributed by atoms with E-state index >= 15 is 0 Å². The van der Waals surface area contributed by atoms with Crippen molar-refractivity contribution in [3.05, 3.63) is 35.4 Å². The quantitative estimate of drug-likeness (QED) is 0.920. The number of nitrogens with zero attached hydrogens (tertiary/aromatic N) is 1. The van der Waals surface area contributed by atoms with Crippen molar-refractivity contribution in [2.75, 3.05) is 13.1 Å². The van der Waals surface area contributed by atoms with Crippen LogP contribution in [0.1, 0.15) is 50.2 Å². The fraction of sp³-hybridized carbons (Fsp3) is 0.684. The van der Waals surface area contributed by atoms with E-state index in [-0.39, 0.29) is 0 Å². The molecule has 3 atom stereocenters. The van der Waals surface area contributed by atoms with E-state index in [4.69, 9.17) is 5.73 Å². The molecule has 1 aliphatic carbocycles. The van der Waals surface area contributed by atoms with Crippen LogP contribution >= 0.6 is 0 Å². The summed E-state index contributed by atoms with van der Waals surface area (Å²) in [5.74, 6) is 1.70. The van der Waals surface area contributed by atoms with Gasteiger partial charge in [-0.3, -0.25) is 4.90 Å². The van der Waals surface area contributed by atoms with E-state index in [2.05, 4.69) is 36.1 Å². The van der Waals surface area contributed by atoms with E-state index in [0.29, 0.717) is 6.04 Å². The van der Waals surface area contributed by atoms with Gasteiger partial charge in [0, 0.05) is 19.1 Å². The molecule has 2 N–H and O–H groups in total. The summed E-state index contributed by atoms with van der Waals surface area (Å²) >= 11 is 0. The van der Waals surface area contributed by atoms with Gasteiger partial charge in [-0.1, -0.05) is 44.0 Å². The highest BCUT2D eigenvalue weighted by Gasteiger charge is 2.30.